The Morgan fingerprint density at radius 2 is 2.00 bits per heavy atom. The van der Waals surface area contributed by atoms with Gasteiger partial charge in [0, 0.05) is 12.2 Å². The molecule has 1 heterocycles. The van der Waals surface area contributed by atoms with Gasteiger partial charge in [0.15, 0.2) is 0 Å². The maximum absolute atomic E-state index is 9.18. The molecule has 0 aliphatic carbocycles. The third kappa shape index (κ3) is 2.19. The lowest BCUT2D eigenvalue weighted by Crippen LogP contribution is -2.21. The zero-order valence-electron chi connectivity index (χ0n) is 8.66. The van der Waals surface area contributed by atoms with E-state index in [-0.39, 0.29) is 0 Å². The van der Waals surface area contributed by atoms with Gasteiger partial charge in [-0.15, -0.1) is 0 Å². The summed E-state index contributed by atoms with van der Waals surface area (Å²) in [4.78, 5) is 0. The van der Waals surface area contributed by atoms with Crippen LogP contribution in [0.1, 0.15) is 24.8 Å². The highest BCUT2D eigenvalue weighted by atomic mass is 14.9. The van der Waals surface area contributed by atoms with Crippen molar-refractivity contribution in [2.75, 3.05) is 6.54 Å². The normalized spacial score (nSPS) is 18.9. The van der Waals surface area contributed by atoms with Crippen LogP contribution >= 0.6 is 0 Å². The lowest BCUT2D eigenvalue weighted by molar-refractivity contribution is 0.590. The molecule has 1 aliphatic heterocycles. The standard InChI is InChI=1S/C13H14N2/c14-10-12(11-6-2-1-3-7-11)13-8-4-5-9-15-13/h1-3,6-7,15H,4-5,8-9H2. The van der Waals surface area contributed by atoms with E-state index in [4.69, 9.17) is 0 Å². The number of nitrogens with one attached hydrogen (secondary N) is 1. The van der Waals surface area contributed by atoms with Gasteiger partial charge in [0.2, 0.25) is 0 Å². The Kier molecular flexibility index (Phi) is 3.04. The van der Waals surface area contributed by atoms with Crippen LogP contribution in [0.25, 0.3) is 5.57 Å². The topological polar surface area (TPSA) is 35.8 Å². The molecule has 0 atom stereocenters. The summed E-state index contributed by atoms with van der Waals surface area (Å²) in [6.07, 6.45) is 3.38. The third-order valence-corrected chi connectivity index (χ3v) is 2.67. The molecule has 2 nitrogen and oxygen atoms in total. The minimum Gasteiger partial charge on any atom is -0.387 e. The Morgan fingerprint density at radius 1 is 1.20 bits per heavy atom. The monoisotopic (exact) mass is 198 g/mol. The molecule has 1 saturated heterocycles. The van der Waals surface area contributed by atoms with Crippen LogP contribution in [0.15, 0.2) is 36.0 Å². The van der Waals surface area contributed by atoms with Gasteiger partial charge < -0.3 is 5.32 Å². The second kappa shape index (κ2) is 4.65. The van der Waals surface area contributed by atoms with Crippen molar-refractivity contribution in [3.8, 4) is 6.07 Å². The van der Waals surface area contributed by atoms with E-state index in [2.05, 4.69) is 11.4 Å². The molecule has 0 amide bonds. The molecular formula is C13H14N2. The molecule has 1 aromatic carbocycles. The van der Waals surface area contributed by atoms with Crippen molar-refractivity contribution in [3.63, 3.8) is 0 Å². The van der Waals surface area contributed by atoms with Crippen molar-refractivity contribution >= 4 is 5.57 Å². The molecule has 76 valence electrons. The summed E-state index contributed by atoms with van der Waals surface area (Å²) in [5, 5.41) is 12.5. The van der Waals surface area contributed by atoms with Gasteiger partial charge >= 0.3 is 0 Å². The summed E-state index contributed by atoms with van der Waals surface area (Å²) >= 11 is 0. The van der Waals surface area contributed by atoms with Crippen molar-refractivity contribution in [3.05, 3.63) is 41.6 Å². The van der Waals surface area contributed by atoms with Gasteiger partial charge in [-0.05, 0) is 24.8 Å². The van der Waals surface area contributed by atoms with Gasteiger partial charge in [0.05, 0.1) is 5.57 Å². The number of rotatable bonds is 1. The highest BCUT2D eigenvalue weighted by Crippen LogP contribution is 2.22. The van der Waals surface area contributed by atoms with Crippen molar-refractivity contribution < 1.29 is 0 Å². The minimum absolute atomic E-state index is 0.801. The van der Waals surface area contributed by atoms with E-state index >= 15 is 0 Å². The summed E-state index contributed by atoms with van der Waals surface area (Å²) in [6, 6.07) is 12.2. The van der Waals surface area contributed by atoms with Crippen LogP contribution < -0.4 is 5.32 Å². The van der Waals surface area contributed by atoms with E-state index in [0.29, 0.717) is 0 Å². The van der Waals surface area contributed by atoms with Crippen LogP contribution in [0, 0.1) is 11.3 Å². The zero-order chi connectivity index (χ0) is 10.5. The average Bonchev–Trinajstić information content (AvgIpc) is 2.33. The van der Waals surface area contributed by atoms with E-state index in [1.165, 1.54) is 12.8 Å². The number of allylic oxidation sites excluding steroid dienone is 2. The fourth-order valence-electron chi connectivity index (χ4n) is 1.88. The molecule has 1 N–H and O–H groups in total. The van der Waals surface area contributed by atoms with E-state index < -0.39 is 0 Å². The van der Waals surface area contributed by atoms with Crippen molar-refractivity contribution in [1.29, 1.82) is 5.26 Å². The number of benzene rings is 1. The lowest BCUT2D eigenvalue weighted by Gasteiger charge is -2.18. The Hall–Kier alpha value is -1.75. The van der Waals surface area contributed by atoms with Crippen LogP contribution in [0.4, 0.5) is 0 Å². The number of nitrogens with zero attached hydrogens (tertiary/aromatic N) is 1. The van der Waals surface area contributed by atoms with E-state index in [9.17, 15) is 5.26 Å². The fourth-order valence-corrected chi connectivity index (χ4v) is 1.88. The number of nitriles is 1. The quantitative estimate of drug-likeness (QED) is 0.704. The maximum Gasteiger partial charge on any atom is 0.102 e. The highest BCUT2D eigenvalue weighted by molar-refractivity contribution is 5.79. The molecule has 0 spiro atoms. The van der Waals surface area contributed by atoms with Gasteiger partial charge in [-0.25, -0.2) is 0 Å². The molecule has 1 aromatic rings. The second-order valence-electron chi connectivity index (χ2n) is 3.72. The molecule has 1 fully saturated rings. The molecule has 15 heavy (non-hydrogen) atoms. The Morgan fingerprint density at radius 3 is 2.60 bits per heavy atom. The molecule has 2 rings (SSSR count). The smallest absolute Gasteiger partial charge is 0.102 e. The summed E-state index contributed by atoms with van der Waals surface area (Å²) in [7, 11) is 0. The molecule has 0 unspecified atom stereocenters. The van der Waals surface area contributed by atoms with Crippen LogP contribution in [0.2, 0.25) is 0 Å². The van der Waals surface area contributed by atoms with E-state index in [1.54, 1.807) is 0 Å². The number of hydrogen-bond acceptors (Lipinski definition) is 2. The number of hydrogen-bond donors (Lipinski definition) is 1. The predicted molar refractivity (Wildman–Crippen MR) is 60.8 cm³/mol. The van der Waals surface area contributed by atoms with Crippen molar-refractivity contribution in [1.82, 2.24) is 5.32 Å². The lowest BCUT2D eigenvalue weighted by atomic mass is 10.00. The first-order chi connectivity index (χ1) is 7.42. The van der Waals surface area contributed by atoms with Crippen LogP contribution in [-0.2, 0) is 0 Å². The molecule has 0 aromatic heterocycles. The van der Waals surface area contributed by atoms with E-state index in [0.717, 1.165) is 29.8 Å². The minimum atomic E-state index is 0.801. The van der Waals surface area contributed by atoms with Gasteiger partial charge in [0.25, 0.3) is 0 Å². The van der Waals surface area contributed by atoms with Crippen LogP contribution in [0.5, 0.6) is 0 Å². The Balaban J connectivity index is 2.35. The van der Waals surface area contributed by atoms with Crippen molar-refractivity contribution in [2.45, 2.75) is 19.3 Å². The Labute approximate surface area is 90.2 Å². The first-order valence-corrected chi connectivity index (χ1v) is 5.34. The molecule has 0 radical (unpaired) electrons. The van der Waals surface area contributed by atoms with Gasteiger partial charge in [-0.3, -0.25) is 0 Å². The molecule has 1 aliphatic rings. The summed E-state index contributed by atoms with van der Waals surface area (Å²) in [5.41, 5.74) is 2.93. The summed E-state index contributed by atoms with van der Waals surface area (Å²) in [6.45, 7) is 0.993. The average molecular weight is 198 g/mol. The largest absolute Gasteiger partial charge is 0.387 e. The van der Waals surface area contributed by atoms with Gasteiger partial charge in [0.1, 0.15) is 6.07 Å². The second-order valence-corrected chi connectivity index (χ2v) is 3.72. The molecule has 0 bridgehead atoms. The van der Waals surface area contributed by atoms with Crippen molar-refractivity contribution in [2.24, 2.45) is 0 Å². The summed E-state index contributed by atoms with van der Waals surface area (Å²) < 4.78 is 0. The van der Waals surface area contributed by atoms with Gasteiger partial charge in [-0.1, -0.05) is 30.3 Å². The molecule has 0 saturated carbocycles. The fraction of sp³-hybridized carbons (Fsp3) is 0.308. The van der Waals surface area contributed by atoms with Gasteiger partial charge in [-0.2, -0.15) is 5.26 Å². The Bertz CT molecular complexity index is 390. The first-order valence-electron chi connectivity index (χ1n) is 5.34. The number of piperidine rings is 1. The van der Waals surface area contributed by atoms with E-state index in [1.807, 2.05) is 30.3 Å². The predicted octanol–water partition coefficient (Wildman–Crippen LogP) is 2.69. The molecule has 2 heteroatoms. The highest BCUT2D eigenvalue weighted by Gasteiger charge is 2.11. The maximum atomic E-state index is 9.18. The third-order valence-electron chi connectivity index (χ3n) is 2.67. The summed E-state index contributed by atoms with van der Waals surface area (Å²) in [5.74, 6) is 0. The molecular weight excluding hydrogens is 184 g/mol. The van der Waals surface area contributed by atoms with Crippen LogP contribution in [0.3, 0.4) is 0 Å². The SMILES string of the molecule is N#CC(=C1CCCCN1)c1ccccc1. The first kappa shape index (κ1) is 9.79. The van der Waals surface area contributed by atoms with Crippen LogP contribution in [-0.4, -0.2) is 6.54 Å². The zero-order valence-corrected chi connectivity index (χ0v) is 8.66.